The van der Waals surface area contributed by atoms with Crippen molar-refractivity contribution in [2.24, 2.45) is 13.0 Å². The van der Waals surface area contributed by atoms with Gasteiger partial charge in [0.25, 0.3) is 0 Å². The molecule has 0 spiro atoms. The lowest BCUT2D eigenvalue weighted by molar-refractivity contribution is 0.144. The summed E-state index contributed by atoms with van der Waals surface area (Å²) < 4.78 is 2.52. The minimum absolute atomic E-state index is 0.325. The zero-order chi connectivity index (χ0) is 10.7. The van der Waals surface area contributed by atoms with Crippen molar-refractivity contribution in [1.82, 2.24) is 9.78 Å². The van der Waals surface area contributed by atoms with E-state index in [0.717, 1.165) is 23.1 Å². The summed E-state index contributed by atoms with van der Waals surface area (Å²) in [5.41, 5.74) is 0.907. The van der Waals surface area contributed by atoms with Gasteiger partial charge in [0.15, 0.2) is 0 Å². The van der Waals surface area contributed by atoms with E-state index in [1.54, 1.807) is 4.68 Å². The summed E-state index contributed by atoms with van der Waals surface area (Å²) >= 11 is 3.28. The Hall–Kier alpha value is -0.350. The second kappa shape index (κ2) is 4.94. The van der Waals surface area contributed by atoms with Gasteiger partial charge in [-0.15, -0.1) is 0 Å². The van der Waals surface area contributed by atoms with Crippen molar-refractivity contribution >= 4 is 15.9 Å². The van der Waals surface area contributed by atoms with Crippen molar-refractivity contribution in [3.63, 3.8) is 0 Å². The lowest BCUT2D eigenvalue weighted by Crippen LogP contribution is -2.06. The lowest BCUT2D eigenvalue weighted by Gasteiger charge is -2.08. The van der Waals surface area contributed by atoms with Crippen molar-refractivity contribution in [3.05, 3.63) is 16.4 Å². The smallest absolute Gasteiger partial charge is 0.128 e. The molecule has 1 saturated carbocycles. The summed E-state index contributed by atoms with van der Waals surface area (Å²) in [4.78, 5) is 0. The van der Waals surface area contributed by atoms with E-state index in [2.05, 4.69) is 21.0 Å². The van der Waals surface area contributed by atoms with E-state index in [1.165, 1.54) is 0 Å². The maximum absolute atomic E-state index is 9.77. The van der Waals surface area contributed by atoms with Gasteiger partial charge in [0.05, 0.1) is 11.8 Å². The van der Waals surface area contributed by atoms with E-state index < -0.39 is 0 Å². The molecule has 0 aliphatic heterocycles. The summed E-state index contributed by atoms with van der Waals surface area (Å²) in [6, 6.07) is 1.88. The quantitative estimate of drug-likeness (QED) is 0.888. The number of nitrogens with zero attached hydrogens (tertiary/aromatic N) is 2. The van der Waals surface area contributed by atoms with Crippen LogP contribution >= 0.6 is 15.9 Å². The van der Waals surface area contributed by atoms with Gasteiger partial charge in [-0.3, -0.25) is 4.68 Å². The van der Waals surface area contributed by atoms with E-state index in [4.69, 9.17) is 0 Å². The van der Waals surface area contributed by atoms with Crippen LogP contribution in [-0.2, 0) is 7.05 Å². The van der Waals surface area contributed by atoms with Crippen LogP contribution in [0, 0.1) is 5.92 Å². The third kappa shape index (κ3) is 2.58. The van der Waals surface area contributed by atoms with Gasteiger partial charge in [-0.25, -0.2) is 0 Å². The molecule has 0 radical (unpaired) electrons. The molecular weight excluding hydrogens is 244 g/mol. The highest BCUT2D eigenvalue weighted by molar-refractivity contribution is 9.10. The molecule has 80 valence electrons. The van der Waals surface area contributed by atoms with Crippen molar-refractivity contribution in [1.29, 1.82) is 0 Å². The predicted molar refractivity (Wildman–Crippen MR) is 59.9 cm³/mol. The molecule has 0 saturated heterocycles. The second-order valence-corrected chi connectivity index (χ2v) is 4.11. The highest BCUT2D eigenvalue weighted by Crippen LogP contribution is 2.40. The number of hydrogen-bond acceptors (Lipinski definition) is 2. The second-order valence-electron chi connectivity index (χ2n) is 3.30. The first kappa shape index (κ1) is 11.7. The standard InChI is InChI=1S/C8H11BrN2O.C2H6/c1-11-6(4-7(9)10-11)8(12)5-2-3-5;1-2/h4-5,8,12H,2-3H2,1H3;1-2H3. The molecule has 14 heavy (non-hydrogen) atoms. The molecule has 0 bridgehead atoms. The van der Waals surface area contributed by atoms with E-state index in [-0.39, 0.29) is 6.10 Å². The highest BCUT2D eigenvalue weighted by atomic mass is 79.9. The molecule has 1 fully saturated rings. The van der Waals surface area contributed by atoms with Crippen molar-refractivity contribution in [2.45, 2.75) is 32.8 Å². The fourth-order valence-electron chi connectivity index (χ4n) is 1.38. The number of aliphatic hydroxyl groups excluding tert-OH is 1. The first-order chi connectivity index (χ1) is 6.68. The summed E-state index contributed by atoms with van der Waals surface area (Å²) in [7, 11) is 1.85. The Morgan fingerprint density at radius 2 is 2.14 bits per heavy atom. The van der Waals surface area contributed by atoms with Crippen LogP contribution in [0.1, 0.15) is 38.5 Å². The van der Waals surface area contributed by atoms with Crippen LogP contribution in [0.15, 0.2) is 10.7 Å². The fraction of sp³-hybridized carbons (Fsp3) is 0.700. The molecular formula is C10H17BrN2O. The molecule has 1 aromatic rings. The molecule has 2 rings (SSSR count). The van der Waals surface area contributed by atoms with Gasteiger partial charge >= 0.3 is 0 Å². The van der Waals surface area contributed by atoms with Crippen LogP contribution in [0.25, 0.3) is 0 Å². The summed E-state index contributed by atoms with van der Waals surface area (Å²) in [5.74, 6) is 0.465. The van der Waals surface area contributed by atoms with Gasteiger partial charge in [0.2, 0.25) is 0 Å². The fourth-order valence-corrected chi connectivity index (χ4v) is 1.85. The molecule has 1 aliphatic rings. The summed E-state index contributed by atoms with van der Waals surface area (Å²) in [6.07, 6.45) is 1.96. The van der Waals surface area contributed by atoms with Gasteiger partial charge < -0.3 is 5.11 Å². The molecule has 1 aliphatic carbocycles. The minimum atomic E-state index is -0.325. The van der Waals surface area contributed by atoms with E-state index in [0.29, 0.717) is 5.92 Å². The van der Waals surface area contributed by atoms with Crippen LogP contribution in [0.4, 0.5) is 0 Å². The molecule has 1 atom stereocenters. The molecule has 1 unspecified atom stereocenters. The molecule has 0 amide bonds. The predicted octanol–water partition coefficient (Wildman–Crippen LogP) is 2.65. The normalized spacial score (nSPS) is 17.2. The molecule has 4 heteroatoms. The Bertz CT molecular complexity index is 294. The Morgan fingerprint density at radius 1 is 1.57 bits per heavy atom. The average Bonchev–Trinajstić information content (AvgIpc) is 2.95. The number of rotatable bonds is 2. The maximum atomic E-state index is 9.77. The van der Waals surface area contributed by atoms with Crippen molar-refractivity contribution in [3.8, 4) is 0 Å². The van der Waals surface area contributed by atoms with Gasteiger partial charge in [-0.2, -0.15) is 5.10 Å². The van der Waals surface area contributed by atoms with Crippen LogP contribution < -0.4 is 0 Å². The number of halogens is 1. The Kier molecular flexibility index (Phi) is 4.13. The number of aliphatic hydroxyl groups is 1. The summed E-state index contributed by atoms with van der Waals surface area (Å²) in [5, 5.41) is 13.9. The average molecular weight is 261 g/mol. The van der Waals surface area contributed by atoms with Crippen LogP contribution in [-0.4, -0.2) is 14.9 Å². The number of aryl methyl sites for hydroxylation is 1. The van der Waals surface area contributed by atoms with Crippen LogP contribution in [0.5, 0.6) is 0 Å². The van der Waals surface area contributed by atoms with Gasteiger partial charge in [0, 0.05) is 7.05 Å². The van der Waals surface area contributed by atoms with E-state index in [9.17, 15) is 5.11 Å². The molecule has 1 aromatic heterocycles. The monoisotopic (exact) mass is 260 g/mol. The summed E-state index contributed by atoms with van der Waals surface area (Å²) in [6.45, 7) is 4.00. The molecule has 1 N–H and O–H groups in total. The third-order valence-corrected chi connectivity index (χ3v) is 2.65. The topological polar surface area (TPSA) is 38.0 Å². The van der Waals surface area contributed by atoms with Crippen molar-refractivity contribution in [2.75, 3.05) is 0 Å². The Balaban J connectivity index is 0.000000461. The molecule has 0 aromatic carbocycles. The van der Waals surface area contributed by atoms with Gasteiger partial charge in [-0.1, -0.05) is 13.8 Å². The first-order valence-electron chi connectivity index (χ1n) is 5.06. The Morgan fingerprint density at radius 3 is 2.50 bits per heavy atom. The van der Waals surface area contributed by atoms with E-state index in [1.807, 2.05) is 27.0 Å². The highest BCUT2D eigenvalue weighted by Gasteiger charge is 2.32. The largest absolute Gasteiger partial charge is 0.387 e. The lowest BCUT2D eigenvalue weighted by atomic mass is 10.2. The number of hydrogen-bond donors (Lipinski definition) is 1. The zero-order valence-corrected chi connectivity index (χ0v) is 10.5. The molecule has 1 heterocycles. The Labute approximate surface area is 93.3 Å². The van der Waals surface area contributed by atoms with Crippen molar-refractivity contribution < 1.29 is 5.11 Å². The first-order valence-corrected chi connectivity index (χ1v) is 5.85. The van der Waals surface area contributed by atoms with Crippen LogP contribution in [0.2, 0.25) is 0 Å². The maximum Gasteiger partial charge on any atom is 0.128 e. The minimum Gasteiger partial charge on any atom is -0.387 e. The van der Waals surface area contributed by atoms with Gasteiger partial charge in [-0.05, 0) is 40.8 Å². The SMILES string of the molecule is CC.Cn1nc(Br)cc1C(O)C1CC1. The van der Waals surface area contributed by atoms with Gasteiger partial charge in [0.1, 0.15) is 4.60 Å². The van der Waals surface area contributed by atoms with E-state index >= 15 is 0 Å². The zero-order valence-electron chi connectivity index (χ0n) is 8.87. The van der Waals surface area contributed by atoms with Crippen LogP contribution in [0.3, 0.4) is 0 Å². The third-order valence-electron chi connectivity index (χ3n) is 2.26. The molecule has 3 nitrogen and oxygen atoms in total. The number of aromatic nitrogens is 2.